The number of hydrogen-bond donors (Lipinski definition) is 2. The van der Waals surface area contributed by atoms with E-state index < -0.39 is 11.9 Å². The largest absolute Gasteiger partial charge is 0.368 e. The second kappa shape index (κ2) is 6.01. The Morgan fingerprint density at radius 1 is 1.52 bits per heavy atom. The predicted molar refractivity (Wildman–Crippen MR) is 83.2 cm³/mol. The lowest BCUT2D eigenvalue weighted by Crippen LogP contribution is -2.45. The van der Waals surface area contributed by atoms with E-state index in [1.54, 1.807) is 4.90 Å². The van der Waals surface area contributed by atoms with Gasteiger partial charge >= 0.3 is 0 Å². The first-order valence-corrected chi connectivity index (χ1v) is 7.95. The van der Waals surface area contributed by atoms with E-state index in [0.29, 0.717) is 13.0 Å². The fourth-order valence-corrected chi connectivity index (χ4v) is 3.25. The first-order valence-electron chi connectivity index (χ1n) is 7.07. The molecule has 2 heterocycles. The zero-order valence-electron chi connectivity index (χ0n) is 12.7. The van der Waals surface area contributed by atoms with E-state index in [-0.39, 0.29) is 17.9 Å². The summed E-state index contributed by atoms with van der Waals surface area (Å²) in [7, 11) is 0. The summed E-state index contributed by atoms with van der Waals surface area (Å²) in [5.74, 6) is -0.533. The lowest BCUT2D eigenvalue weighted by atomic mass is 9.93. The van der Waals surface area contributed by atoms with Crippen LogP contribution in [-0.2, 0) is 15.0 Å². The SMILES string of the molecule is CC(C)(C)c1csc(NCC(=O)N2CCC[C@H]2C(N)=O)n1. The van der Waals surface area contributed by atoms with Crippen molar-refractivity contribution in [3.8, 4) is 0 Å². The summed E-state index contributed by atoms with van der Waals surface area (Å²) in [6.45, 7) is 7.02. The summed E-state index contributed by atoms with van der Waals surface area (Å²) >= 11 is 1.48. The van der Waals surface area contributed by atoms with Crippen LogP contribution in [0.5, 0.6) is 0 Å². The number of carbonyl (C=O) groups excluding carboxylic acids is 2. The lowest BCUT2D eigenvalue weighted by molar-refractivity contribution is -0.135. The van der Waals surface area contributed by atoms with Crippen LogP contribution in [0.3, 0.4) is 0 Å². The van der Waals surface area contributed by atoms with Crippen molar-refractivity contribution < 1.29 is 9.59 Å². The monoisotopic (exact) mass is 310 g/mol. The number of likely N-dealkylation sites (tertiary alicyclic amines) is 1. The van der Waals surface area contributed by atoms with Gasteiger partial charge in [-0.15, -0.1) is 11.3 Å². The van der Waals surface area contributed by atoms with Crippen LogP contribution in [0.2, 0.25) is 0 Å². The number of aromatic nitrogens is 1. The van der Waals surface area contributed by atoms with Gasteiger partial charge in [-0.25, -0.2) is 4.98 Å². The van der Waals surface area contributed by atoms with E-state index in [1.165, 1.54) is 11.3 Å². The maximum absolute atomic E-state index is 12.2. The second-order valence-electron chi connectivity index (χ2n) is 6.29. The van der Waals surface area contributed by atoms with Crippen molar-refractivity contribution in [2.24, 2.45) is 5.73 Å². The minimum Gasteiger partial charge on any atom is -0.368 e. The maximum Gasteiger partial charge on any atom is 0.242 e. The van der Waals surface area contributed by atoms with Gasteiger partial charge < -0.3 is 16.0 Å². The van der Waals surface area contributed by atoms with Gasteiger partial charge in [0.1, 0.15) is 6.04 Å². The number of hydrogen-bond acceptors (Lipinski definition) is 5. The summed E-state index contributed by atoms with van der Waals surface area (Å²) in [6.07, 6.45) is 1.48. The Bertz CT molecular complexity index is 535. The summed E-state index contributed by atoms with van der Waals surface area (Å²) in [6, 6.07) is -0.458. The Morgan fingerprint density at radius 3 is 2.81 bits per heavy atom. The lowest BCUT2D eigenvalue weighted by Gasteiger charge is -2.22. The van der Waals surface area contributed by atoms with Gasteiger partial charge in [0, 0.05) is 17.3 Å². The van der Waals surface area contributed by atoms with E-state index in [0.717, 1.165) is 17.2 Å². The van der Waals surface area contributed by atoms with Gasteiger partial charge in [-0.3, -0.25) is 9.59 Å². The Hall–Kier alpha value is -1.63. The van der Waals surface area contributed by atoms with Crippen LogP contribution in [-0.4, -0.2) is 40.8 Å². The van der Waals surface area contributed by atoms with Crippen molar-refractivity contribution in [1.82, 2.24) is 9.88 Å². The summed E-state index contributed by atoms with van der Waals surface area (Å²) in [5.41, 5.74) is 6.31. The molecular weight excluding hydrogens is 288 g/mol. The zero-order chi connectivity index (χ0) is 15.6. The Labute approximate surface area is 128 Å². The number of amides is 2. The minimum absolute atomic E-state index is 0.00748. The van der Waals surface area contributed by atoms with Gasteiger partial charge in [0.15, 0.2) is 5.13 Å². The summed E-state index contributed by atoms with van der Waals surface area (Å²) in [4.78, 5) is 29.5. The van der Waals surface area contributed by atoms with Gasteiger partial charge in [-0.1, -0.05) is 20.8 Å². The third-order valence-corrected chi connectivity index (χ3v) is 4.37. The number of rotatable bonds is 4. The van der Waals surface area contributed by atoms with Gasteiger partial charge in [0.2, 0.25) is 11.8 Å². The highest BCUT2D eigenvalue weighted by Crippen LogP contribution is 2.26. The third kappa shape index (κ3) is 3.72. The molecule has 0 unspecified atom stereocenters. The van der Waals surface area contributed by atoms with E-state index in [4.69, 9.17) is 5.73 Å². The molecule has 21 heavy (non-hydrogen) atoms. The normalized spacial score (nSPS) is 18.8. The van der Waals surface area contributed by atoms with Crippen molar-refractivity contribution in [3.63, 3.8) is 0 Å². The molecule has 0 bridgehead atoms. The highest BCUT2D eigenvalue weighted by Gasteiger charge is 2.32. The molecular formula is C14H22N4O2S. The van der Waals surface area contributed by atoms with Gasteiger partial charge in [-0.2, -0.15) is 0 Å². The van der Waals surface area contributed by atoms with Crippen LogP contribution >= 0.6 is 11.3 Å². The molecule has 6 nitrogen and oxygen atoms in total. The van der Waals surface area contributed by atoms with Crippen LogP contribution in [0.25, 0.3) is 0 Å². The quantitative estimate of drug-likeness (QED) is 0.878. The molecule has 116 valence electrons. The predicted octanol–water partition coefficient (Wildman–Crippen LogP) is 1.33. The summed E-state index contributed by atoms with van der Waals surface area (Å²) in [5, 5.41) is 5.76. The fourth-order valence-electron chi connectivity index (χ4n) is 2.31. The van der Waals surface area contributed by atoms with Crippen molar-refractivity contribution >= 4 is 28.3 Å². The molecule has 1 aromatic rings. The molecule has 3 N–H and O–H groups in total. The van der Waals surface area contributed by atoms with E-state index >= 15 is 0 Å². The van der Waals surface area contributed by atoms with Crippen LogP contribution < -0.4 is 11.1 Å². The second-order valence-corrected chi connectivity index (χ2v) is 7.15. The van der Waals surface area contributed by atoms with Crippen molar-refractivity contribution in [2.45, 2.75) is 45.1 Å². The molecule has 0 saturated carbocycles. The molecule has 0 aromatic carbocycles. The van der Waals surface area contributed by atoms with Crippen molar-refractivity contribution in [3.05, 3.63) is 11.1 Å². The zero-order valence-corrected chi connectivity index (χ0v) is 13.5. The molecule has 7 heteroatoms. The van der Waals surface area contributed by atoms with E-state index in [1.807, 2.05) is 5.38 Å². The minimum atomic E-state index is -0.458. The number of nitrogens with one attached hydrogen (secondary N) is 1. The molecule has 2 rings (SSSR count). The Morgan fingerprint density at radius 2 is 2.24 bits per heavy atom. The molecule has 1 fully saturated rings. The molecule has 1 aromatic heterocycles. The number of nitrogens with zero attached hydrogens (tertiary/aromatic N) is 2. The molecule has 0 aliphatic carbocycles. The van der Waals surface area contributed by atoms with E-state index in [2.05, 4.69) is 31.1 Å². The number of primary amides is 1. The third-order valence-electron chi connectivity index (χ3n) is 3.57. The highest BCUT2D eigenvalue weighted by molar-refractivity contribution is 7.13. The molecule has 1 atom stereocenters. The number of carbonyl (C=O) groups is 2. The average Bonchev–Trinajstić information content (AvgIpc) is 3.04. The number of nitrogens with two attached hydrogens (primary N) is 1. The van der Waals surface area contributed by atoms with Crippen LogP contribution in [0.4, 0.5) is 5.13 Å². The van der Waals surface area contributed by atoms with E-state index in [9.17, 15) is 9.59 Å². The molecule has 0 radical (unpaired) electrons. The first kappa shape index (κ1) is 15.8. The Balaban J connectivity index is 1.92. The van der Waals surface area contributed by atoms with Crippen LogP contribution in [0, 0.1) is 0 Å². The van der Waals surface area contributed by atoms with Crippen molar-refractivity contribution in [2.75, 3.05) is 18.4 Å². The molecule has 1 aliphatic heterocycles. The van der Waals surface area contributed by atoms with Gasteiger partial charge in [-0.05, 0) is 12.8 Å². The average molecular weight is 310 g/mol. The molecule has 1 saturated heterocycles. The molecule has 1 aliphatic rings. The first-order chi connectivity index (χ1) is 9.79. The number of anilines is 1. The smallest absolute Gasteiger partial charge is 0.242 e. The summed E-state index contributed by atoms with van der Waals surface area (Å²) < 4.78 is 0. The van der Waals surface area contributed by atoms with Crippen LogP contribution in [0.1, 0.15) is 39.3 Å². The van der Waals surface area contributed by atoms with Crippen molar-refractivity contribution in [1.29, 1.82) is 0 Å². The molecule has 2 amide bonds. The molecule has 0 spiro atoms. The van der Waals surface area contributed by atoms with Crippen LogP contribution in [0.15, 0.2) is 5.38 Å². The van der Waals surface area contributed by atoms with Gasteiger partial charge in [0.25, 0.3) is 0 Å². The topological polar surface area (TPSA) is 88.3 Å². The highest BCUT2D eigenvalue weighted by atomic mass is 32.1. The number of thiazole rings is 1. The fraction of sp³-hybridized carbons (Fsp3) is 0.643. The Kier molecular flexibility index (Phi) is 4.51. The standard InChI is InChI=1S/C14H22N4O2S/c1-14(2,3)10-8-21-13(17-10)16-7-11(19)18-6-4-5-9(18)12(15)20/h8-9H,4-7H2,1-3H3,(H2,15,20)(H,16,17)/t9-/m0/s1. The van der Waals surface area contributed by atoms with Gasteiger partial charge in [0.05, 0.1) is 12.2 Å². The maximum atomic E-state index is 12.2.